The molecule has 0 amide bonds. The first kappa shape index (κ1) is 15.7. The summed E-state index contributed by atoms with van der Waals surface area (Å²) < 4.78 is 11.5. The van der Waals surface area contributed by atoms with E-state index >= 15 is 0 Å². The molecule has 0 atom stereocenters. The lowest BCUT2D eigenvalue weighted by Crippen LogP contribution is -2.01. The molecular weight excluding hydrogens is 334 g/mol. The molecule has 0 saturated heterocycles. The number of hydrogen-bond donors (Lipinski definition) is 2. The van der Waals surface area contributed by atoms with Crippen LogP contribution in [0.25, 0.3) is 0 Å². The Morgan fingerprint density at radius 1 is 1.05 bits per heavy atom. The second-order valence-corrected chi connectivity index (χ2v) is 5.38. The van der Waals surface area contributed by atoms with Gasteiger partial charge in [0.05, 0.1) is 25.3 Å². The third-order valence-corrected chi connectivity index (χ3v) is 3.72. The minimum atomic E-state index is 0.0584. The van der Waals surface area contributed by atoms with Crippen LogP contribution in [-0.2, 0) is 13.2 Å². The number of rotatable bonds is 6. The van der Waals surface area contributed by atoms with Crippen LogP contribution in [0.5, 0.6) is 11.5 Å². The minimum Gasteiger partial charge on any atom is -0.493 e. The molecule has 2 aromatic carbocycles. The van der Waals surface area contributed by atoms with E-state index in [2.05, 4.69) is 21.2 Å². The topological polar surface area (TPSA) is 50.7 Å². The predicted molar refractivity (Wildman–Crippen MR) is 86.9 cm³/mol. The first-order valence-electron chi connectivity index (χ1n) is 6.52. The zero-order chi connectivity index (χ0) is 15.2. The van der Waals surface area contributed by atoms with Crippen LogP contribution in [0.4, 0.5) is 5.69 Å². The number of benzene rings is 2. The minimum absolute atomic E-state index is 0.0584. The molecule has 0 aliphatic heterocycles. The van der Waals surface area contributed by atoms with Crippen molar-refractivity contribution < 1.29 is 14.6 Å². The van der Waals surface area contributed by atoms with Crippen molar-refractivity contribution in [3.05, 3.63) is 52.0 Å². The fraction of sp³-hybridized carbons (Fsp3) is 0.250. The Labute approximate surface area is 132 Å². The summed E-state index contributed by atoms with van der Waals surface area (Å²) in [5, 5.41) is 12.4. The van der Waals surface area contributed by atoms with Crippen molar-refractivity contribution in [3.63, 3.8) is 0 Å². The van der Waals surface area contributed by atoms with Gasteiger partial charge in [0.15, 0.2) is 11.5 Å². The summed E-state index contributed by atoms with van der Waals surface area (Å²) in [6.07, 6.45) is 0. The van der Waals surface area contributed by atoms with Crippen LogP contribution in [0, 0.1) is 0 Å². The van der Waals surface area contributed by atoms with Crippen molar-refractivity contribution in [1.29, 1.82) is 0 Å². The standard InChI is InChI=1S/C16H18BrNO3/c1-20-15-8-12(7-14(17)16(15)21-2)9-18-13-5-3-11(10-19)4-6-13/h3-8,18-19H,9-10H2,1-2H3. The van der Waals surface area contributed by atoms with Crippen molar-refractivity contribution in [2.75, 3.05) is 19.5 Å². The Morgan fingerprint density at radius 2 is 1.76 bits per heavy atom. The van der Waals surface area contributed by atoms with Gasteiger partial charge >= 0.3 is 0 Å². The number of aliphatic hydroxyl groups excluding tert-OH is 1. The molecule has 0 spiro atoms. The summed E-state index contributed by atoms with van der Waals surface area (Å²) in [7, 11) is 3.23. The van der Waals surface area contributed by atoms with Crippen molar-refractivity contribution >= 4 is 21.6 Å². The highest BCUT2D eigenvalue weighted by molar-refractivity contribution is 9.10. The first-order valence-corrected chi connectivity index (χ1v) is 7.31. The van der Waals surface area contributed by atoms with Gasteiger partial charge in [0.2, 0.25) is 0 Å². The summed E-state index contributed by atoms with van der Waals surface area (Å²) in [6.45, 7) is 0.723. The van der Waals surface area contributed by atoms with Crippen molar-refractivity contribution in [2.45, 2.75) is 13.2 Å². The smallest absolute Gasteiger partial charge is 0.174 e. The van der Waals surface area contributed by atoms with Gasteiger partial charge in [-0.1, -0.05) is 12.1 Å². The summed E-state index contributed by atoms with van der Waals surface area (Å²) in [5.41, 5.74) is 2.97. The SMILES string of the molecule is COc1cc(CNc2ccc(CO)cc2)cc(Br)c1OC. The lowest BCUT2D eigenvalue weighted by atomic mass is 10.2. The average molecular weight is 352 g/mol. The highest BCUT2D eigenvalue weighted by Crippen LogP contribution is 2.36. The number of anilines is 1. The second-order valence-electron chi connectivity index (χ2n) is 4.52. The third-order valence-electron chi connectivity index (χ3n) is 3.13. The molecule has 0 radical (unpaired) electrons. The van der Waals surface area contributed by atoms with Crippen LogP contribution in [-0.4, -0.2) is 19.3 Å². The van der Waals surface area contributed by atoms with Gasteiger partial charge in [0, 0.05) is 12.2 Å². The van der Waals surface area contributed by atoms with Gasteiger partial charge in [-0.2, -0.15) is 0 Å². The number of hydrogen-bond acceptors (Lipinski definition) is 4. The van der Waals surface area contributed by atoms with Gasteiger partial charge in [-0.05, 0) is 51.3 Å². The fourth-order valence-electron chi connectivity index (χ4n) is 2.01. The Bertz CT molecular complexity index is 599. The van der Waals surface area contributed by atoms with Gasteiger partial charge in [-0.3, -0.25) is 0 Å². The molecule has 0 unspecified atom stereocenters. The van der Waals surface area contributed by atoms with E-state index in [9.17, 15) is 0 Å². The molecule has 0 saturated carbocycles. The van der Waals surface area contributed by atoms with E-state index in [1.54, 1.807) is 14.2 Å². The van der Waals surface area contributed by atoms with Crippen molar-refractivity contribution in [2.24, 2.45) is 0 Å². The van der Waals surface area contributed by atoms with E-state index in [4.69, 9.17) is 14.6 Å². The lowest BCUT2D eigenvalue weighted by molar-refractivity contribution is 0.282. The molecule has 2 N–H and O–H groups in total. The number of nitrogens with one attached hydrogen (secondary N) is 1. The summed E-state index contributed by atoms with van der Waals surface area (Å²) in [4.78, 5) is 0. The summed E-state index contributed by atoms with van der Waals surface area (Å²) >= 11 is 3.48. The normalized spacial score (nSPS) is 10.3. The molecule has 0 fully saturated rings. The van der Waals surface area contributed by atoms with Crippen LogP contribution in [0.1, 0.15) is 11.1 Å². The molecule has 0 heterocycles. The van der Waals surface area contributed by atoms with Crippen LogP contribution in [0.3, 0.4) is 0 Å². The molecule has 5 heteroatoms. The molecule has 112 valence electrons. The maximum absolute atomic E-state index is 9.02. The highest BCUT2D eigenvalue weighted by Gasteiger charge is 2.10. The highest BCUT2D eigenvalue weighted by atomic mass is 79.9. The van der Waals surface area contributed by atoms with Crippen LogP contribution in [0.2, 0.25) is 0 Å². The van der Waals surface area contributed by atoms with E-state index in [1.165, 1.54) is 0 Å². The van der Waals surface area contributed by atoms with E-state index in [1.807, 2.05) is 36.4 Å². The summed E-state index contributed by atoms with van der Waals surface area (Å²) in [6, 6.07) is 11.6. The van der Waals surface area contributed by atoms with E-state index in [0.717, 1.165) is 21.3 Å². The van der Waals surface area contributed by atoms with Gasteiger partial charge in [-0.15, -0.1) is 0 Å². The Morgan fingerprint density at radius 3 is 2.33 bits per heavy atom. The van der Waals surface area contributed by atoms with E-state index < -0.39 is 0 Å². The Hall–Kier alpha value is -1.72. The van der Waals surface area contributed by atoms with Gasteiger partial charge in [0.1, 0.15) is 0 Å². The average Bonchev–Trinajstić information content (AvgIpc) is 2.52. The zero-order valence-electron chi connectivity index (χ0n) is 12.0. The van der Waals surface area contributed by atoms with Gasteiger partial charge < -0.3 is 19.9 Å². The maximum atomic E-state index is 9.02. The molecule has 21 heavy (non-hydrogen) atoms. The van der Waals surface area contributed by atoms with Crippen LogP contribution in [0.15, 0.2) is 40.9 Å². The molecule has 4 nitrogen and oxygen atoms in total. The molecule has 0 bridgehead atoms. The molecular formula is C16H18BrNO3. The van der Waals surface area contributed by atoms with E-state index in [0.29, 0.717) is 18.0 Å². The second kappa shape index (κ2) is 7.33. The van der Waals surface area contributed by atoms with Crippen molar-refractivity contribution in [3.8, 4) is 11.5 Å². The summed E-state index contributed by atoms with van der Waals surface area (Å²) in [5.74, 6) is 1.38. The first-order chi connectivity index (χ1) is 10.2. The monoisotopic (exact) mass is 351 g/mol. The number of methoxy groups -OCH3 is 2. The van der Waals surface area contributed by atoms with E-state index in [-0.39, 0.29) is 6.61 Å². The predicted octanol–water partition coefficient (Wildman–Crippen LogP) is 3.57. The Kier molecular flexibility index (Phi) is 5.47. The van der Waals surface area contributed by atoms with Crippen LogP contribution < -0.4 is 14.8 Å². The maximum Gasteiger partial charge on any atom is 0.174 e. The van der Waals surface area contributed by atoms with Crippen molar-refractivity contribution in [1.82, 2.24) is 0 Å². The molecule has 2 aromatic rings. The zero-order valence-corrected chi connectivity index (χ0v) is 13.6. The third kappa shape index (κ3) is 3.89. The lowest BCUT2D eigenvalue weighted by Gasteiger charge is -2.13. The van der Waals surface area contributed by atoms with Crippen LogP contribution >= 0.6 is 15.9 Å². The van der Waals surface area contributed by atoms with Gasteiger partial charge in [0.25, 0.3) is 0 Å². The van der Waals surface area contributed by atoms with Gasteiger partial charge in [-0.25, -0.2) is 0 Å². The molecule has 0 aliphatic rings. The number of ether oxygens (including phenoxy) is 2. The molecule has 0 aliphatic carbocycles. The number of halogens is 1. The molecule has 0 aromatic heterocycles. The quantitative estimate of drug-likeness (QED) is 0.835. The number of aliphatic hydroxyl groups is 1. The fourth-order valence-corrected chi connectivity index (χ4v) is 2.66. The molecule has 2 rings (SSSR count). The largest absolute Gasteiger partial charge is 0.493 e. The Balaban J connectivity index is 2.10.